The minimum Gasteiger partial charge on any atom is -0.383 e. The fraction of sp³-hybridized carbons (Fsp3) is 0.550. The van der Waals surface area contributed by atoms with Gasteiger partial charge in [-0.3, -0.25) is 18.9 Å². The van der Waals surface area contributed by atoms with Gasteiger partial charge in [0.25, 0.3) is 5.56 Å². The lowest BCUT2D eigenvalue weighted by Gasteiger charge is -2.39. The van der Waals surface area contributed by atoms with Gasteiger partial charge in [-0.2, -0.15) is 0 Å². The zero-order chi connectivity index (χ0) is 18.9. The molecule has 1 unspecified atom stereocenters. The number of fused-ring (bicyclic) bond motifs is 1. The van der Waals surface area contributed by atoms with Crippen LogP contribution >= 0.6 is 0 Å². The van der Waals surface area contributed by atoms with Gasteiger partial charge in [0, 0.05) is 45.6 Å². The van der Waals surface area contributed by atoms with Crippen LogP contribution in [0.1, 0.15) is 25.0 Å². The Morgan fingerprint density at radius 3 is 2.96 bits per heavy atom. The number of rotatable bonds is 5. The third-order valence-corrected chi connectivity index (χ3v) is 5.83. The number of hydrogen-bond acceptors (Lipinski definition) is 5. The van der Waals surface area contributed by atoms with Crippen LogP contribution in [0.4, 0.5) is 0 Å². The van der Waals surface area contributed by atoms with Gasteiger partial charge in [-0.15, -0.1) is 0 Å². The van der Waals surface area contributed by atoms with Gasteiger partial charge in [0.1, 0.15) is 5.65 Å². The quantitative estimate of drug-likeness (QED) is 0.790. The van der Waals surface area contributed by atoms with E-state index in [1.165, 1.54) is 0 Å². The van der Waals surface area contributed by atoms with E-state index in [1.54, 1.807) is 23.8 Å². The number of piperidine rings is 1. The molecular weight excluding hydrogens is 344 g/mol. The molecule has 2 aliphatic rings. The first kappa shape index (κ1) is 18.1. The van der Waals surface area contributed by atoms with Crippen LogP contribution in [0.5, 0.6) is 0 Å². The maximum atomic E-state index is 13.1. The lowest BCUT2D eigenvalue weighted by Crippen LogP contribution is -2.50. The molecule has 4 heterocycles. The second-order valence-electron chi connectivity index (χ2n) is 7.64. The molecule has 4 rings (SSSR count). The van der Waals surface area contributed by atoms with E-state index >= 15 is 0 Å². The predicted octanol–water partition coefficient (Wildman–Crippen LogP) is 1.16. The lowest BCUT2D eigenvalue weighted by atomic mass is 9.78. The number of nitrogens with zero attached hydrogens (tertiary/aromatic N) is 4. The van der Waals surface area contributed by atoms with Gasteiger partial charge in [-0.05, 0) is 37.9 Å². The van der Waals surface area contributed by atoms with Crippen LogP contribution in [0.25, 0.3) is 5.65 Å². The number of methoxy groups -OCH3 is 1. The molecule has 1 atom stereocenters. The molecule has 27 heavy (non-hydrogen) atoms. The zero-order valence-electron chi connectivity index (χ0n) is 15.8. The summed E-state index contributed by atoms with van der Waals surface area (Å²) in [7, 11) is 1.67. The van der Waals surface area contributed by atoms with E-state index in [-0.39, 0.29) is 16.9 Å². The van der Waals surface area contributed by atoms with Crippen molar-refractivity contribution in [1.82, 2.24) is 19.2 Å². The summed E-state index contributed by atoms with van der Waals surface area (Å²) < 4.78 is 6.70. The van der Waals surface area contributed by atoms with Crippen LogP contribution in [0.15, 0.2) is 35.3 Å². The van der Waals surface area contributed by atoms with E-state index < -0.39 is 0 Å². The average Bonchev–Trinajstić information content (AvgIpc) is 3.06. The van der Waals surface area contributed by atoms with Crippen molar-refractivity contribution in [3.63, 3.8) is 0 Å². The van der Waals surface area contributed by atoms with Gasteiger partial charge in [0.15, 0.2) is 0 Å². The van der Waals surface area contributed by atoms with Crippen molar-refractivity contribution in [2.75, 3.05) is 39.9 Å². The molecule has 2 aromatic heterocycles. The third kappa shape index (κ3) is 3.49. The van der Waals surface area contributed by atoms with E-state index in [1.807, 2.05) is 23.1 Å². The largest absolute Gasteiger partial charge is 0.383 e. The van der Waals surface area contributed by atoms with E-state index in [4.69, 9.17) is 4.74 Å². The minimum absolute atomic E-state index is 0.0657. The number of aromatic nitrogens is 2. The van der Waals surface area contributed by atoms with Crippen molar-refractivity contribution < 1.29 is 9.53 Å². The molecule has 0 N–H and O–H groups in total. The van der Waals surface area contributed by atoms with Crippen molar-refractivity contribution >= 4 is 11.6 Å². The number of amides is 1. The molecule has 0 aromatic carbocycles. The van der Waals surface area contributed by atoms with E-state index in [2.05, 4.69) is 9.88 Å². The second-order valence-corrected chi connectivity index (χ2v) is 7.64. The summed E-state index contributed by atoms with van der Waals surface area (Å²) in [5, 5.41) is 0. The number of hydrogen-bond donors (Lipinski definition) is 0. The normalized spacial score (nSPS) is 23.6. The van der Waals surface area contributed by atoms with Crippen LogP contribution in [0.3, 0.4) is 0 Å². The maximum Gasteiger partial charge on any atom is 0.258 e. The Labute approximate surface area is 158 Å². The highest BCUT2D eigenvalue weighted by atomic mass is 16.5. The number of likely N-dealkylation sites (tertiary alicyclic amines) is 2. The predicted molar refractivity (Wildman–Crippen MR) is 101 cm³/mol. The first-order chi connectivity index (χ1) is 13.1. The highest BCUT2D eigenvalue weighted by Gasteiger charge is 2.48. The molecule has 7 nitrogen and oxygen atoms in total. The first-order valence-electron chi connectivity index (χ1n) is 9.59. The Hall–Kier alpha value is -2.25. The number of carbonyl (C=O) groups is 1. The molecule has 0 aliphatic carbocycles. The van der Waals surface area contributed by atoms with Gasteiger partial charge >= 0.3 is 0 Å². The van der Waals surface area contributed by atoms with E-state index in [9.17, 15) is 9.59 Å². The zero-order valence-corrected chi connectivity index (χ0v) is 15.8. The molecular formula is C20H26N4O3. The standard InChI is InChI=1S/C20H26N4O3/c1-27-12-11-23-8-4-6-20(19(23)26)7-10-22(15-20)14-16-13-18(25)24-9-3-2-5-17(24)21-16/h2-3,5,9,13H,4,6-8,10-12,14-15H2,1H3. The van der Waals surface area contributed by atoms with Crippen LogP contribution in [-0.2, 0) is 16.1 Å². The van der Waals surface area contributed by atoms with Gasteiger partial charge in [0.05, 0.1) is 17.7 Å². The number of pyridine rings is 1. The Balaban J connectivity index is 1.48. The number of ether oxygens (including phenoxy) is 1. The van der Waals surface area contributed by atoms with Crippen LogP contribution in [0.2, 0.25) is 0 Å². The molecule has 144 valence electrons. The maximum absolute atomic E-state index is 13.1. The van der Waals surface area contributed by atoms with Crippen LogP contribution in [-0.4, -0.2) is 65.0 Å². The van der Waals surface area contributed by atoms with E-state index in [0.29, 0.717) is 25.3 Å². The Bertz CT molecular complexity index is 896. The molecule has 2 aromatic rings. The van der Waals surface area contributed by atoms with Gasteiger partial charge in [-0.25, -0.2) is 4.98 Å². The second kappa shape index (κ2) is 7.40. The SMILES string of the molecule is COCCN1CCCC2(CCN(Cc3cc(=O)n4ccccc4n3)C2)C1=O. The minimum atomic E-state index is -0.280. The van der Waals surface area contributed by atoms with Crippen molar-refractivity contribution in [3.05, 3.63) is 46.5 Å². The van der Waals surface area contributed by atoms with Crippen molar-refractivity contribution in [2.24, 2.45) is 5.41 Å². The summed E-state index contributed by atoms with van der Waals surface area (Å²) in [6.45, 7) is 4.28. The summed E-state index contributed by atoms with van der Waals surface area (Å²) in [6, 6.07) is 7.15. The average molecular weight is 370 g/mol. The molecule has 2 aliphatic heterocycles. The summed E-state index contributed by atoms with van der Waals surface area (Å²) in [4.78, 5) is 34.2. The summed E-state index contributed by atoms with van der Waals surface area (Å²) in [5.74, 6) is 0.264. The molecule has 2 fully saturated rings. The Kier molecular flexibility index (Phi) is 4.97. The molecule has 0 saturated carbocycles. The van der Waals surface area contributed by atoms with Crippen molar-refractivity contribution in [1.29, 1.82) is 0 Å². The molecule has 1 spiro atoms. The first-order valence-corrected chi connectivity index (χ1v) is 9.59. The summed E-state index contributed by atoms with van der Waals surface area (Å²) in [6.07, 6.45) is 4.59. The highest BCUT2D eigenvalue weighted by Crippen LogP contribution is 2.40. The Morgan fingerprint density at radius 1 is 1.22 bits per heavy atom. The fourth-order valence-electron chi connectivity index (χ4n) is 4.45. The summed E-state index contributed by atoms with van der Waals surface area (Å²) in [5.41, 5.74) is 1.08. The topological polar surface area (TPSA) is 67.2 Å². The van der Waals surface area contributed by atoms with Crippen LogP contribution < -0.4 is 5.56 Å². The third-order valence-electron chi connectivity index (χ3n) is 5.83. The fourth-order valence-corrected chi connectivity index (χ4v) is 4.45. The Morgan fingerprint density at radius 2 is 2.11 bits per heavy atom. The van der Waals surface area contributed by atoms with Gasteiger partial charge in [0.2, 0.25) is 5.91 Å². The van der Waals surface area contributed by atoms with Crippen molar-refractivity contribution in [2.45, 2.75) is 25.8 Å². The smallest absolute Gasteiger partial charge is 0.258 e. The molecule has 7 heteroatoms. The van der Waals surface area contributed by atoms with E-state index in [0.717, 1.165) is 44.6 Å². The highest BCUT2D eigenvalue weighted by molar-refractivity contribution is 5.84. The van der Waals surface area contributed by atoms with Crippen LogP contribution in [0, 0.1) is 5.41 Å². The van der Waals surface area contributed by atoms with Crippen molar-refractivity contribution in [3.8, 4) is 0 Å². The molecule has 0 bridgehead atoms. The number of carbonyl (C=O) groups excluding carboxylic acids is 1. The monoisotopic (exact) mass is 370 g/mol. The van der Waals surface area contributed by atoms with Gasteiger partial charge < -0.3 is 9.64 Å². The molecule has 1 amide bonds. The van der Waals surface area contributed by atoms with Gasteiger partial charge in [-0.1, -0.05) is 6.07 Å². The molecule has 0 radical (unpaired) electrons. The lowest BCUT2D eigenvalue weighted by molar-refractivity contribution is -0.146. The summed E-state index contributed by atoms with van der Waals surface area (Å²) >= 11 is 0. The molecule has 2 saturated heterocycles.